The van der Waals surface area contributed by atoms with Gasteiger partial charge in [0.25, 0.3) is 0 Å². The maximum atomic E-state index is 4.54. The molecule has 5 heteroatoms. The molecule has 0 spiro atoms. The Bertz CT molecular complexity index is 489. The quantitative estimate of drug-likeness (QED) is 0.872. The minimum Gasteiger partial charge on any atom is -0.334 e. The highest BCUT2D eigenvalue weighted by Crippen LogP contribution is 2.18. The highest BCUT2D eigenvalue weighted by atomic mass is 32.1. The Labute approximate surface area is 112 Å². The summed E-state index contributed by atoms with van der Waals surface area (Å²) in [7, 11) is 0. The molecule has 2 heterocycles. The van der Waals surface area contributed by atoms with E-state index in [1.54, 1.807) is 11.3 Å². The van der Waals surface area contributed by atoms with Gasteiger partial charge in [-0.05, 0) is 20.4 Å². The molecule has 0 radical (unpaired) electrons. The molecular formula is C13H20N4S. The minimum atomic E-state index is 0.242. The van der Waals surface area contributed by atoms with Gasteiger partial charge < -0.3 is 9.88 Å². The van der Waals surface area contributed by atoms with Crippen LogP contribution in [0.15, 0.2) is 17.8 Å². The average Bonchev–Trinajstić information content (AvgIpc) is 2.97. The van der Waals surface area contributed by atoms with Gasteiger partial charge in [0, 0.05) is 30.7 Å². The first-order valence-electron chi connectivity index (χ1n) is 6.40. The number of aromatic nitrogens is 3. The minimum absolute atomic E-state index is 0.242. The lowest BCUT2D eigenvalue weighted by Crippen LogP contribution is -2.26. The van der Waals surface area contributed by atoms with Crippen molar-refractivity contribution in [3.63, 3.8) is 0 Å². The van der Waals surface area contributed by atoms with Crippen LogP contribution in [0.3, 0.4) is 0 Å². The molecule has 0 aliphatic rings. The number of hydrogen-bond acceptors (Lipinski definition) is 4. The van der Waals surface area contributed by atoms with Gasteiger partial charge in [-0.1, -0.05) is 6.92 Å². The predicted molar refractivity (Wildman–Crippen MR) is 74.9 cm³/mol. The third-order valence-electron chi connectivity index (χ3n) is 2.93. The lowest BCUT2D eigenvalue weighted by atomic mass is 10.1. The van der Waals surface area contributed by atoms with Crippen LogP contribution in [0.5, 0.6) is 0 Å². The summed E-state index contributed by atoms with van der Waals surface area (Å²) in [5, 5.41) is 6.76. The van der Waals surface area contributed by atoms with Crippen LogP contribution >= 0.6 is 11.3 Å². The normalized spacial score (nSPS) is 12.8. The molecule has 0 aliphatic carbocycles. The highest BCUT2D eigenvalue weighted by molar-refractivity contribution is 7.09. The fraction of sp³-hybridized carbons (Fsp3) is 0.538. The summed E-state index contributed by atoms with van der Waals surface area (Å²) in [5.74, 6) is 1.10. The Hall–Kier alpha value is -1.20. The van der Waals surface area contributed by atoms with E-state index in [9.17, 15) is 0 Å². The Morgan fingerprint density at radius 2 is 2.28 bits per heavy atom. The molecule has 0 bridgehead atoms. The second-order valence-corrected chi connectivity index (χ2v) is 5.31. The van der Waals surface area contributed by atoms with E-state index in [1.165, 1.54) is 0 Å². The van der Waals surface area contributed by atoms with Crippen LogP contribution in [-0.2, 0) is 13.0 Å². The van der Waals surface area contributed by atoms with E-state index >= 15 is 0 Å². The Morgan fingerprint density at radius 1 is 1.44 bits per heavy atom. The first kappa shape index (κ1) is 13.2. The number of imidazole rings is 1. The number of rotatable bonds is 6. The molecular weight excluding hydrogens is 244 g/mol. The molecule has 0 fully saturated rings. The van der Waals surface area contributed by atoms with Crippen molar-refractivity contribution in [1.82, 2.24) is 19.9 Å². The monoisotopic (exact) mass is 264 g/mol. The molecule has 1 N–H and O–H groups in total. The molecule has 4 nitrogen and oxygen atoms in total. The topological polar surface area (TPSA) is 42.7 Å². The summed E-state index contributed by atoms with van der Waals surface area (Å²) in [6.45, 7) is 8.20. The summed E-state index contributed by atoms with van der Waals surface area (Å²) < 4.78 is 2.19. The first-order chi connectivity index (χ1) is 8.74. The number of aryl methyl sites for hydroxylation is 2. The number of nitrogens with zero attached hydrogens (tertiary/aromatic N) is 3. The molecule has 98 valence electrons. The van der Waals surface area contributed by atoms with Crippen molar-refractivity contribution in [1.29, 1.82) is 0 Å². The van der Waals surface area contributed by atoms with Crippen molar-refractivity contribution in [2.24, 2.45) is 0 Å². The molecule has 2 aromatic rings. The fourth-order valence-corrected chi connectivity index (χ4v) is 2.74. The van der Waals surface area contributed by atoms with E-state index in [1.807, 2.05) is 19.3 Å². The van der Waals surface area contributed by atoms with E-state index in [0.717, 1.165) is 36.0 Å². The Balaban J connectivity index is 2.17. The molecule has 1 atom stereocenters. The third kappa shape index (κ3) is 2.97. The van der Waals surface area contributed by atoms with E-state index in [4.69, 9.17) is 0 Å². The van der Waals surface area contributed by atoms with Crippen LogP contribution in [0, 0.1) is 6.92 Å². The molecule has 0 aromatic carbocycles. The van der Waals surface area contributed by atoms with Gasteiger partial charge in [0.1, 0.15) is 5.82 Å². The van der Waals surface area contributed by atoms with Gasteiger partial charge >= 0.3 is 0 Å². The zero-order chi connectivity index (χ0) is 13.0. The van der Waals surface area contributed by atoms with E-state index in [2.05, 4.69) is 39.1 Å². The van der Waals surface area contributed by atoms with Gasteiger partial charge in [0.15, 0.2) is 0 Å². The van der Waals surface area contributed by atoms with Crippen molar-refractivity contribution in [2.45, 2.75) is 39.8 Å². The Kier molecular flexibility index (Phi) is 4.49. The van der Waals surface area contributed by atoms with Crippen molar-refractivity contribution in [2.75, 3.05) is 6.54 Å². The van der Waals surface area contributed by atoms with Crippen molar-refractivity contribution in [3.05, 3.63) is 34.3 Å². The van der Waals surface area contributed by atoms with Gasteiger partial charge in [-0.2, -0.15) is 0 Å². The van der Waals surface area contributed by atoms with E-state index in [-0.39, 0.29) is 6.04 Å². The van der Waals surface area contributed by atoms with Gasteiger partial charge in [-0.25, -0.2) is 9.97 Å². The molecule has 0 saturated heterocycles. The fourth-order valence-electron chi connectivity index (χ4n) is 2.11. The summed E-state index contributed by atoms with van der Waals surface area (Å²) in [4.78, 5) is 9.02. The van der Waals surface area contributed by atoms with Crippen LogP contribution in [0.2, 0.25) is 0 Å². The maximum Gasteiger partial charge on any atom is 0.126 e. The molecule has 2 aromatic heterocycles. The summed E-state index contributed by atoms with van der Waals surface area (Å²) >= 11 is 1.71. The molecule has 18 heavy (non-hydrogen) atoms. The van der Waals surface area contributed by atoms with Gasteiger partial charge in [-0.15, -0.1) is 11.3 Å². The molecule has 0 saturated carbocycles. The van der Waals surface area contributed by atoms with Gasteiger partial charge in [0.05, 0.1) is 16.7 Å². The van der Waals surface area contributed by atoms with E-state index < -0.39 is 0 Å². The van der Waals surface area contributed by atoms with Crippen molar-refractivity contribution in [3.8, 4) is 0 Å². The van der Waals surface area contributed by atoms with Crippen LogP contribution in [0.4, 0.5) is 0 Å². The second-order valence-electron chi connectivity index (χ2n) is 4.24. The largest absolute Gasteiger partial charge is 0.334 e. The van der Waals surface area contributed by atoms with Crippen LogP contribution in [0.1, 0.15) is 36.4 Å². The number of likely N-dealkylation sites (N-methyl/N-ethyl adjacent to an activating group) is 1. The zero-order valence-corrected chi connectivity index (χ0v) is 12.0. The Morgan fingerprint density at radius 3 is 2.89 bits per heavy atom. The highest BCUT2D eigenvalue weighted by Gasteiger charge is 2.17. The summed E-state index contributed by atoms with van der Waals surface area (Å²) in [6.07, 6.45) is 4.80. The number of nitrogens with one attached hydrogen (secondary N) is 1. The molecule has 0 amide bonds. The van der Waals surface area contributed by atoms with Gasteiger partial charge in [0.2, 0.25) is 0 Å². The molecule has 1 unspecified atom stereocenters. The molecule has 2 rings (SSSR count). The zero-order valence-electron chi connectivity index (χ0n) is 11.2. The smallest absolute Gasteiger partial charge is 0.126 e. The van der Waals surface area contributed by atoms with E-state index in [0.29, 0.717) is 0 Å². The van der Waals surface area contributed by atoms with Crippen molar-refractivity contribution < 1.29 is 0 Å². The van der Waals surface area contributed by atoms with Crippen LogP contribution < -0.4 is 5.32 Å². The second kappa shape index (κ2) is 6.11. The summed E-state index contributed by atoms with van der Waals surface area (Å²) in [5.41, 5.74) is 1.15. The third-order valence-corrected chi connectivity index (χ3v) is 3.75. The van der Waals surface area contributed by atoms with Crippen molar-refractivity contribution >= 4 is 11.3 Å². The van der Waals surface area contributed by atoms with Crippen LogP contribution in [0.25, 0.3) is 0 Å². The van der Waals surface area contributed by atoms with Gasteiger partial charge in [-0.3, -0.25) is 0 Å². The lowest BCUT2D eigenvalue weighted by Gasteiger charge is -2.17. The average molecular weight is 264 g/mol. The standard InChI is InChI=1S/C13H20N4S/c1-4-14-12(8-11-9-18-10(3)16-11)13-15-6-7-17(13)5-2/h6-7,9,12,14H,4-5,8H2,1-3H3. The SMILES string of the molecule is CCNC(Cc1csc(C)n1)c1nccn1CC. The van der Waals surface area contributed by atoms with Crippen LogP contribution in [-0.4, -0.2) is 21.1 Å². The number of hydrogen-bond donors (Lipinski definition) is 1. The maximum absolute atomic E-state index is 4.54. The number of thiazole rings is 1. The predicted octanol–water partition coefficient (Wildman–Crippen LogP) is 2.56. The first-order valence-corrected chi connectivity index (χ1v) is 7.28. The lowest BCUT2D eigenvalue weighted by molar-refractivity contribution is 0.492. The molecule has 0 aliphatic heterocycles. The summed E-state index contributed by atoms with van der Waals surface area (Å²) in [6, 6.07) is 0.242.